The minimum absolute atomic E-state index is 0.0104. The average Bonchev–Trinajstić information content (AvgIpc) is 2.14. The lowest BCUT2D eigenvalue weighted by Crippen LogP contribution is -2.18. The molecule has 0 spiro atoms. The molecular formula is C11H15Cl2N. The van der Waals surface area contributed by atoms with E-state index in [1.807, 2.05) is 12.1 Å². The quantitative estimate of drug-likeness (QED) is 0.836. The molecule has 1 rings (SSSR count). The van der Waals surface area contributed by atoms with E-state index in [4.69, 9.17) is 28.9 Å². The summed E-state index contributed by atoms with van der Waals surface area (Å²) >= 11 is 11.8. The first-order valence-electron chi connectivity index (χ1n) is 4.76. The van der Waals surface area contributed by atoms with Crippen molar-refractivity contribution >= 4 is 23.2 Å². The minimum Gasteiger partial charge on any atom is -0.324 e. The maximum absolute atomic E-state index is 6.07. The van der Waals surface area contributed by atoms with Crippen molar-refractivity contribution in [1.29, 1.82) is 0 Å². The zero-order chi connectivity index (χ0) is 10.7. The molecule has 1 unspecified atom stereocenters. The van der Waals surface area contributed by atoms with E-state index in [1.165, 1.54) is 0 Å². The van der Waals surface area contributed by atoms with E-state index in [-0.39, 0.29) is 6.04 Å². The molecular weight excluding hydrogens is 217 g/mol. The fourth-order valence-electron chi connectivity index (χ4n) is 1.35. The van der Waals surface area contributed by atoms with Gasteiger partial charge in [-0.1, -0.05) is 43.5 Å². The highest BCUT2D eigenvalue weighted by atomic mass is 35.5. The van der Waals surface area contributed by atoms with Gasteiger partial charge in [0.25, 0.3) is 0 Å². The number of hydrogen-bond donors (Lipinski definition) is 1. The Morgan fingerprint density at radius 2 is 1.71 bits per heavy atom. The lowest BCUT2D eigenvalue weighted by Gasteiger charge is -2.19. The van der Waals surface area contributed by atoms with Crippen molar-refractivity contribution in [3.63, 3.8) is 0 Å². The number of halogens is 2. The van der Waals surface area contributed by atoms with Gasteiger partial charge in [-0.15, -0.1) is 0 Å². The number of rotatable bonds is 3. The van der Waals surface area contributed by atoms with E-state index >= 15 is 0 Å². The zero-order valence-electron chi connectivity index (χ0n) is 8.43. The second kappa shape index (κ2) is 5.01. The number of hydrogen-bond acceptors (Lipinski definition) is 1. The molecule has 0 aromatic heterocycles. The van der Waals surface area contributed by atoms with Crippen LogP contribution >= 0.6 is 23.2 Å². The van der Waals surface area contributed by atoms with Gasteiger partial charge in [0.2, 0.25) is 0 Å². The molecule has 0 fully saturated rings. The molecule has 0 heterocycles. The van der Waals surface area contributed by atoms with Crippen molar-refractivity contribution in [3.05, 3.63) is 33.8 Å². The Morgan fingerprint density at radius 3 is 2.14 bits per heavy atom. The molecule has 14 heavy (non-hydrogen) atoms. The molecule has 1 aromatic carbocycles. The highest BCUT2D eigenvalue weighted by Crippen LogP contribution is 2.27. The third kappa shape index (κ3) is 2.88. The van der Waals surface area contributed by atoms with Crippen molar-refractivity contribution in [2.45, 2.75) is 26.3 Å². The van der Waals surface area contributed by atoms with Gasteiger partial charge in [-0.25, -0.2) is 0 Å². The molecule has 0 aliphatic rings. The van der Waals surface area contributed by atoms with Gasteiger partial charge in [0.1, 0.15) is 0 Å². The van der Waals surface area contributed by atoms with Gasteiger partial charge in [0.15, 0.2) is 0 Å². The highest BCUT2D eigenvalue weighted by molar-refractivity contribution is 6.34. The summed E-state index contributed by atoms with van der Waals surface area (Å²) in [5.74, 6) is 0.435. The highest BCUT2D eigenvalue weighted by Gasteiger charge is 2.13. The second-order valence-electron chi connectivity index (χ2n) is 3.61. The van der Waals surface area contributed by atoms with E-state index in [0.29, 0.717) is 16.0 Å². The first kappa shape index (κ1) is 11.8. The Kier molecular flexibility index (Phi) is 4.24. The van der Waals surface area contributed by atoms with Gasteiger partial charge in [-0.05, 0) is 29.7 Å². The Hall–Kier alpha value is -0.240. The van der Waals surface area contributed by atoms with Crippen LogP contribution in [0.4, 0.5) is 0 Å². The molecule has 0 amide bonds. The van der Waals surface area contributed by atoms with Crippen LogP contribution in [0.2, 0.25) is 10.0 Å². The molecule has 0 saturated carbocycles. The predicted octanol–water partition coefficient (Wildman–Crippen LogP) is 4.04. The van der Waals surface area contributed by atoms with Crippen LogP contribution in [-0.2, 0) is 0 Å². The molecule has 0 saturated heterocycles. The van der Waals surface area contributed by atoms with Crippen molar-refractivity contribution in [2.24, 2.45) is 11.7 Å². The summed E-state index contributed by atoms with van der Waals surface area (Å²) in [4.78, 5) is 0. The smallest absolute Gasteiger partial charge is 0.0424 e. The molecule has 0 bridgehead atoms. The summed E-state index contributed by atoms with van der Waals surface area (Å²) < 4.78 is 0. The van der Waals surface area contributed by atoms with Crippen LogP contribution in [-0.4, -0.2) is 0 Å². The van der Waals surface area contributed by atoms with Gasteiger partial charge < -0.3 is 5.73 Å². The van der Waals surface area contributed by atoms with Crippen LogP contribution in [0.5, 0.6) is 0 Å². The molecule has 78 valence electrons. The minimum atomic E-state index is 0.0104. The average molecular weight is 232 g/mol. The summed E-state index contributed by atoms with van der Waals surface area (Å²) in [5, 5.41) is 1.29. The fraction of sp³-hybridized carbons (Fsp3) is 0.455. The van der Waals surface area contributed by atoms with Crippen LogP contribution in [0.1, 0.15) is 31.9 Å². The molecule has 2 atom stereocenters. The Balaban J connectivity index is 2.94. The fourth-order valence-corrected chi connectivity index (χ4v) is 1.89. The first-order valence-corrected chi connectivity index (χ1v) is 5.51. The van der Waals surface area contributed by atoms with Crippen molar-refractivity contribution in [3.8, 4) is 0 Å². The van der Waals surface area contributed by atoms with E-state index in [0.717, 1.165) is 12.0 Å². The second-order valence-corrected chi connectivity index (χ2v) is 4.49. The van der Waals surface area contributed by atoms with Crippen molar-refractivity contribution in [2.75, 3.05) is 0 Å². The van der Waals surface area contributed by atoms with Crippen LogP contribution in [0.25, 0.3) is 0 Å². The number of benzene rings is 1. The first-order chi connectivity index (χ1) is 6.54. The summed E-state index contributed by atoms with van der Waals surface area (Å²) in [7, 11) is 0. The molecule has 1 nitrogen and oxygen atoms in total. The monoisotopic (exact) mass is 231 g/mol. The maximum atomic E-state index is 6.07. The Bertz CT molecular complexity index is 292. The maximum Gasteiger partial charge on any atom is 0.0424 e. The van der Waals surface area contributed by atoms with Gasteiger partial charge >= 0.3 is 0 Å². The Morgan fingerprint density at radius 1 is 1.21 bits per heavy atom. The standard InChI is InChI=1S/C11H15Cl2N/c1-3-7(2)11(14)8-4-9(12)6-10(13)5-8/h4-7,11H,3,14H2,1-2H3/t7?,11-/m0/s1. The molecule has 2 N–H and O–H groups in total. The van der Waals surface area contributed by atoms with Crippen LogP contribution in [0, 0.1) is 5.92 Å². The van der Waals surface area contributed by atoms with Gasteiger partial charge in [-0.3, -0.25) is 0 Å². The molecule has 0 aliphatic carbocycles. The number of nitrogens with two attached hydrogens (primary N) is 1. The third-order valence-electron chi connectivity index (χ3n) is 2.53. The van der Waals surface area contributed by atoms with E-state index in [9.17, 15) is 0 Å². The largest absolute Gasteiger partial charge is 0.324 e. The SMILES string of the molecule is CCC(C)[C@H](N)c1cc(Cl)cc(Cl)c1. The lowest BCUT2D eigenvalue weighted by molar-refractivity contribution is 0.457. The third-order valence-corrected chi connectivity index (χ3v) is 2.96. The Labute approximate surface area is 95.2 Å². The molecule has 1 aromatic rings. The van der Waals surface area contributed by atoms with E-state index in [2.05, 4.69) is 13.8 Å². The van der Waals surface area contributed by atoms with Gasteiger partial charge in [-0.2, -0.15) is 0 Å². The predicted molar refractivity (Wildman–Crippen MR) is 62.8 cm³/mol. The topological polar surface area (TPSA) is 26.0 Å². The summed E-state index contributed by atoms with van der Waals surface area (Å²) in [6.45, 7) is 4.25. The molecule has 0 radical (unpaired) electrons. The molecule has 0 aliphatic heterocycles. The van der Waals surface area contributed by atoms with E-state index in [1.54, 1.807) is 6.07 Å². The van der Waals surface area contributed by atoms with Crippen molar-refractivity contribution in [1.82, 2.24) is 0 Å². The van der Waals surface area contributed by atoms with Gasteiger partial charge in [0.05, 0.1) is 0 Å². The molecule has 3 heteroatoms. The van der Waals surface area contributed by atoms with Crippen LogP contribution in [0.3, 0.4) is 0 Å². The summed E-state index contributed by atoms with van der Waals surface area (Å²) in [5.41, 5.74) is 7.08. The van der Waals surface area contributed by atoms with Gasteiger partial charge in [0, 0.05) is 16.1 Å². The summed E-state index contributed by atoms with van der Waals surface area (Å²) in [6.07, 6.45) is 1.05. The van der Waals surface area contributed by atoms with Crippen molar-refractivity contribution < 1.29 is 0 Å². The summed E-state index contributed by atoms with van der Waals surface area (Å²) in [6, 6.07) is 5.49. The van der Waals surface area contributed by atoms with E-state index < -0.39 is 0 Å². The van der Waals surface area contributed by atoms with Crippen LogP contribution < -0.4 is 5.73 Å². The zero-order valence-corrected chi connectivity index (χ0v) is 9.94. The van der Waals surface area contributed by atoms with Crippen LogP contribution in [0.15, 0.2) is 18.2 Å². The lowest BCUT2D eigenvalue weighted by atomic mass is 9.93. The normalized spacial score (nSPS) is 15.2.